The number of nitrogens with zero attached hydrogens (tertiary/aromatic N) is 1. The molecule has 0 aliphatic heterocycles. The van der Waals surface area contributed by atoms with Crippen molar-refractivity contribution in [2.75, 3.05) is 7.05 Å². The summed E-state index contributed by atoms with van der Waals surface area (Å²) < 4.78 is 12.9. The van der Waals surface area contributed by atoms with Crippen molar-refractivity contribution in [1.29, 1.82) is 0 Å². The van der Waals surface area contributed by atoms with Gasteiger partial charge in [0, 0.05) is 17.7 Å². The molecule has 0 aliphatic carbocycles. The lowest BCUT2D eigenvalue weighted by Crippen LogP contribution is -2.48. The number of hydrogen-bond acceptors (Lipinski definition) is 3. The molecule has 0 saturated heterocycles. The van der Waals surface area contributed by atoms with Crippen LogP contribution in [-0.4, -0.2) is 33.7 Å². The summed E-state index contributed by atoms with van der Waals surface area (Å²) in [6.07, 6.45) is 0. The Morgan fingerprint density at radius 3 is 2.44 bits per heavy atom. The number of aromatic hydroxyl groups is 1. The molecule has 100 valence electrons. The lowest BCUT2D eigenvalue weighted by molar-refractivity contribution is -0.149. The highest BCUT2D eigenvalue weighted by Gasteiger charge is 2.35. The van der Waals surface area contributed by atoms with E-state index in [0.29, 0.717) is 5.56 Å². The third kappa shape index (κ3) is 2.61. The Bertz CT molecular complexity index is 460. The zero-order chi connectivity index (χ0) is 14.1. The van der Waals surface area contributed by atoms with Crippen LogP contribution in [-0.2, 0) is 4.79 Å². The normalized spacial score (nSPS) is 13.7. The van der Waals surface area contributed by atoms with Gasteiger partial charge in [-0.2, -0.15) is 0 Å². The fourth-order valence-corrected chi connectivity index (χ4v) is 1.71. The van der Waals surface area contributed by atoms with Gasteiger partial charge in [-0.1, -0.05) is 6.07 Å². The van der Waals surface area contributed by atoms with E-state index in [1.807, 2.05) is 0 Å². The van der Waals surface area contributed by atoms with E-state index in [4.69, 9.17) is 5.11 Å². The number of carboxylic acid groups (broad SMARTS) is 1. The van der Waals surface area contributed by atoms with Crippen molar-refractivity contribution >= 4 is 5.97 Å². The Labute approximate surface area is 106 Å². The molecule has 0 radical (unpaired) electrons. The second-order valence-electron chi connectivity index (χ2n) is 4.85. The van der Waals surface area contributed by atoms with Crippen LogP contribution in [0.4, 0.5) is 4.39 Å². The third-order valence-electron chi connectivity index (χ3n) is 3.43. The van der Waals surface area contributed by atoms with E-state index in [-0.39, 0.29) is 11.8 Å². The standard InChI is InChI=1S/C13H18FNO3/c1-8(15(4)13(2,3)12(17)18)10-6-5-9(14)7-11(10)16/h5-8,16H,1-4H3,(H,17,18). The zero-order valence-corrected chi connectivity index (χ0v) is 10.9. The van der Waals surface area contributed by atoms with Gasteiger partial charge in [-0.15, -0.1) is 0 Å². The minimum atomic E-state index is -1.08. The number of phenolic OH excluding ortho intramolecular Hbond substituents is 1. The van der Waals surface area contributed by atoms with Crippen LogP contribution in [0.5, 0.6) is 5.75 Å². The largest absolute Gasteiger partial charge is 0.508 e. The fourth-order valence-electron chi connectivity index (χ4n) is 1.71. The molecular weight excluding hydrogens is 237 g/mol. The molecule has 1 atom stereocenters. The van der Waals surface area contributed by atoms with Crippen molar-refractivity contribution in [3.05, 3.63) is 29.6 Å². The summed E-state index contributed by atoms with van der Waals surface area (Å²) >= 11 is 0. The maximum absolute atomic E-state index is 12.9. The first-order valence-corrected chi connectivity index (χ1v) is 5.62. The Morgan fingerprint density at radius 2 is 2.00 bits per heavy atom. The number of halogens is 1. The lowest BCUT2D eigenvalue weighted by atomic mass is 9.97. The predicted molar refractivity (Wildman–Crippen MR) is 66.0 cm³/mol. The monoisotopic (exact) mass is 255 g/mol. The van der Waals surface area contributed by atoms with Gasteiger partial charge in [0.05, 0.1) is 0 Å². The van der Waals surface area contributed by atoms with Gasteiger partial charge < -0.3 is 10.2 Å². The van der Waals surface area contributed by atoms with E-state index in [2.05, 4.69) is 0 Å². The van der Waals surface area contributed by atoms with Crippen LogP contribution in [0.2, 0.25) is 0 Å². The number of aliphatic carboxylic acids is 1. The van der Waals surface area contributed by atoms with Crippen LogP contribution in [0.1, 0.15) is 32.4 Å². The molecule has 0 saturated carbocycles. The highest BCUT2D eigenvalue weighted by molar-refractivity contribution is 5.77. The van der Waals surface area contributed by atoms with Crippen molar-refractivity contribution in [2.24, 2.45) is 0 Å². The molecule has 4 nitrogen and oxygen atoms in total. The van der Waals surface area contributed by atoms with E-state index >= 15 is 0 Å². The summed E-state index contributed by atoms with van der Waals surface area (Å²) in [6, 6.07) is 3.38. The lowest BCUT2D eigenvalue weighted by Gasteiger charge is -2.36. The molecule has 2 N–H and O–H groups in total. The summed E-state index contributed by atoms with van der Waals surface area (Å²) in [7, 11) is 1.65. The molecular formula is C13H18FNO3. The van der Waals surface area contributed by atoms with Crippen LogP contribution in [0.25, 0.3) is 0 Å². The summed E-state index contributed by atoms with van der Waals surface area (Å²) in [4.78, 5) is 12.8. The SMILES string of the molecule is CC(c1ccc(F)cc1O)N(C)C(C)(C)C(=O)O. The minimum absolute atomic E-state index is 0.171. The van der Waals surface area contributed by atoms with E-state index in [9.17, 15) is 14.3 Å². The molecule has 0 fully saturated rings. The van der Waals surface area contributed by atoms with Crippen molar-refractivity contribution in [3.63, 3.8) is 0 Å². The van der Waals surface area contributed by atoms with Crippen LogP contribution in [0, 0.1) is 5.82 Å². The fraction of sp³-hybridized carbons (Fsp3) is 0.462. The minimum Gasteiger partial charge on any atom is -0.508 e. The quantitative estimate of drug-likeness (QED) is 0.867. The first kappa shape index (κ1) is 14.4. The van der Waals surface area contributed by atoms with Gasteiger partial charge in [-0.25, -0.2) is 4.39 Å². The molecule has 0 bridgehead atoms. The molecule has 0 aliphatic rings. The predicted octanol–water partition coefficient (Wildman–Crippen LogP) is 2.39. The average molecular weight is 255 g/mol. The van der Waals surface area contributed by atoms with E-state index in [1.54, 1.807) is 32.7 Å². The molecule has 1 unspecified atom stereocenters. The number of rotatable bonds is 4. The Morgan fingerprint density at radius 1 is 1.44 bits per heavy atom. The maximum atomic E-state index is 12.9. The second-order valence-corrected chi connectivity index (χ2v) is 4.85. The van der Waals surface area contributed by atoms with Gasteiger partial charge in [0.1, 0.15) is 17.1 Å². The molecule has 1 aromatic rings. The second kappa shape index (κ2) is 4.94. The Kier molecular flexibility index (Phi) is 3.96. The summed E-state index contributed by atoms with van der Waals surface area (Å²) in [5.74, 6) is -1.66. The van der Waals surface area contributed by atoms with Crippen LogP contribution >= 0.6 is 0 Å². The number of carbonyl (C=O) groups is 1. The van der Waals surface area contributed by atoms with Gasteiger partial charge in [0.15, 0.2) is 0 Å². The van der Waals surface area contributed by atoms with Crippen molar-refractivity contribution in [3.8, 4) is 5.75 Å². The summed E-state index contributed by atoms with van der Waals surface area (Å²) in [6.45, 7) is 4.91. The molecule has 0 aromatic heterocycles. The van der Waals surface area contributed by atoms with Gasteiger partial charge >= 0.3 is 5.97 Å². The number of phenols is 1. The van der Waals surface area contributed by atoms with Gasteiger partial charge in [0.2, 0.25) is 0 Å². The van der Waals surface area contributed by atoms with Gasteiger partial charge in [-0.3, -0.25) is 9.69 Å². The summed E-state index contributed by atoms with van der Waals surface area (Å²) in [5, 5.41) is 18.9. The Hall–Kier alpha value is -1.62. The summed E-state index contributed by atoms with van der Waals surface area (Å²) in [5.41, 5.74) is -0.589. The van der Waals surface area contributed by atoms with Crippen molar-refractivity contribution in [2.45, 2.75) is 32.4 Å². The Balaban J connectivity index is 3.07. The van der Waals surface area contributed by atoms with E-state index < -0.39 is 17.3 Å². The third-order valence-corrected chi connectivity index (χ3v) is 3.43. The highest BCUT2D eigenvalue weighted by atomic mass is 19.1. The van der Waals surface area contributed by atoms with Crippen LogP contribution in [0.15, 0.2) is 18.2 Å². The number of carboxylic acids is 1. The van der Waals surface area contributed by atoms with Crippen molar-refractivity contribution in [1.82, 2.24) is 4.90 Å². The average Bonchev–Trinajstić information content (AvgIpc) is 2.26. The number of likely N-dealkylation sites (N-methyl/N-ethyl adjacent to an activating group) is 1. The molecule has 18 heavy (non-hydrogen) atoms. The first-order valence-electron chi connectivity index (χ1n) is 5.62. The molecule has 5 heteroatoms. The smallest absolute Gasteiger partial charge is 0.323 e. The van der Waals surface area contributed by atoms with Gasteiger partial charge in [0.25, 0.3) is 0 Å². The molecule has 0 heterocycles. The molecule has 1 rings (SSSR count). The van der Waals surface area contributed by atoms with Gasteiger partial charge in [-0.05, 0) is 33.9 Å². The molecule has 1 aromatic carbocycles. The zero-order valence-electron chi connectivity index (χ0n) is 10.9. The molecule has 0 amide bonds. The van der Waals surface area contributed by atoms with Crippen molar-refractivity contribution < 1.29 is 19.4 Å². The highest BCUT2D eigenvalue weighted by Crippen LogP contribution is 2.32. The van der Waals surface area contributed by atoms with E-state index in [1.165, 1.54) is 12.1 Å². The first-order chi connectivity index (χ1) is 8.17. The molecule has 0 spiro atoms. The van der Waals surface area contributed by atoms with Crippen LogP contribution < -0.4 is 0 Å². The van der Waals surface area contributed by atoms with Crippen LogP contribution in [0.3, 0.4) is 0 Å². The number of hydrogen-bond donors (Lipinski definition) is 2. The topological polar surface area (TPSA) is 60.8 Å². The number of benzene rings is 1. The van der Waals surface area contributed by atoms with E-state index in [0.717, 1.165) is 6.07 Å². The maximum Gasteiger partial charge on any atom is 0.323 e.